The van der Waals surface area contributed by atoms with Crippen molar-refractivity contribution in [3.63, 3.8) is 0 Å². The third kappa shape index (κ3) is 4.52. The van der Waals surface area contributed by atoms with E-state index in [2.05, 4.69) is 28.8 Å². The van der Waals surface area contributed by atoms with Crippen molar-refractivity contribution in [2.24, 2.45) is 0 Å². The molecule has 5 nitrogen and oxygen atoms in total. The Labute approximate surface area is 166 Å². The van der Waals surface area contributed by atoms with E-state index >= 15 is 0 Å². The fraction of sp³-hybridized carbons (Fsp3) is 0.304. The van der Waals surface area contributed by atoms with E-state index in [9.17, 15) is 10.1 Å². The Morgan fingerprint density at radius 1 is 1.18 bits per heavy atom. The summed E-state index contributed by atoms with van der Waals surface area (Å²) in [6, 6.07) is 13.8. The average Bonchev–Trinajstić information content (AvgIpc) is 2.69. The van der Waals surface area contributed by atoms with Crippen LogP contribution in [0.25, 0.3) is 0 Å². The van der Waals surface area contributed by atoms with Gasteiger partial charge in [-0.2, -0.15) is 5.26 Å². The third-order valence-corrected chi connectivity index (χ3v) is 5.16. The van der Waals surface area contributed by atoms with E-state index in [0.29, 0.717) is 11.4 Å². The van der Waals surface area contributed by atoms with Gasteiger partial charge in [0, 0.05) is 6.20 Å². The quantitative estimate of drug-likeness (QED) is 0.416. The van der Waals surface area contributed by atoms with Crippen LogP contribution in [0.4, 0.5) is 11.4 Å². The van der Waals surface area contributed by atoms with Crippen molar-refractivity contribution in [1.82, 2.24) is 5.32 Å². The number of aryl methyl sites for hydroxylation is 3. The number of rotatable bonds is 5. The molecule has 2 aromatic carbocycles. The van der Waals surface area contributed by atoms with Crippen LogP contribution in [-0.2, 0) is 17.6 Å². The Morgan fingerprint density at radius 2 is 1.93 bits per heavy atom. The number of nitriles is 1. The molecule has 144 valence electrons. The molecule has 0 saturated heterocycles. The summed E-state index contributed by atoms with van der Waals surface area (Å²) in [6.07, 6.45) is 6.08. The molecule has 1 aliphatic carbocycles. The van der Waals surface area contributed by atoms with Crippen molar-refractivity contribution >= 4 is 17.3 Å². The Hall–Kier alpha value is -3.26. The van der Waals surface area contributed by atoms with E-state index in [0.717, 1.165) is 24.0 Å². The van der Waals surface area contributed by atoms with E-state index in [1.54, 1.807) is 0 Å². The number of nitrogens with two attached hydrogens (primary N) is 1. The first kappa shape index (κ1) is 19.5. The Bertz CT molecular complexity index is 956. The molecule has 2 aromatic rings. The van der Waals surface area contributed by atoms with Crippen molar-refractivity contribution in [1.29, 1.82) is 5.26 Å². The van der Waals surface area contributed by atoms with Crippen LogP contribution in [-0.4, -0.2) is 5.91 Å². The lowest BCUT2D eigenvalue weighted by Crippen LogP contribution is -2.28. The van der Waals surface area contributed by atoms with Crippen LogP contribution < -0.4 is 16.4 Å². The molecular formula is C23H26N4O. The number of hydrogen-bond donors (Lipinski definition) is 3. The summed E-state index contributed by atoms with van der Waals surface area (Å²) in [7, 11) is 0. The van der Waals surface area contributed by atoms with Gasteiger partial charge in [-0.05, 0) is 73.9 Å². The first-order valence-corrected chi connectivity index (χ1v) is 9.63. The molecule has 0 heterocycles. The number of carbonyl (C=O) groups is 1. The molecule has 3 rings (SSSR count). The lowest BCUT2D eigenvalue weighted by molar-refractivity contribution is -0.117. The normalized spacial score (nSPS) is 14.5. The maximum Gasteiger partial charge on any atom is 0.263 e. The lowest BCUT2D eigenvalue weighted by Gasteiger charge is -2.20. The zero-order valence-corrected chi connectivity index (χ0v) is 16.4. The number of hydrogen-bond acceptors (Lipinski definition) is 4. The van der Waals surface area contributed by atoms with Crippen LogP contribution >= 0.6 is 0 Å². The lowest BCUT2D eigenvalue weighted by atomic mass is 9.89. The topological polar surface area (TPSA) is 90.9 Å². The molecule has 0 bridgehead atoms. The van der Waals surface area contributed by atoms with Crippen LogP contribution in [0.1, 0.15) is 48.1 Å². The van der Waals surface area contributed by atoms with Gasteiger partial charge in [-0.1, -0.05) is 24.3 Å². The van der Waals surface area contributed by atoms with Crippen LogP contribution in [0.15, 0.2) is 48.2 Å². The first-order valence-electron chi connectivity index (χ1n) is 9.63. The molecule has 0 aliphatic heterocycles. The predicted octanol–water partition coefficient (Wildman–Crippen LogP) is 4.15. The van der Waals surface area contributed by atoms with E-state index in [-0.39, 0.29) is 11.6 Å². The van der Waals surface area contributed by atoms with Crippen molar-refractivity contribution in [2.45, 2.75) is 45.6 Å². The van der Waals surface area contributed by atoms with Gasteiger partial charge in [-0.25, -0.2) is 0 Å². The van der Waals surface area contributed by atoms with E-state index in [1.165, 1.54) is 30.2 Å². The van der Waals surface area contributed by atoms with Gasteiger partial charge in [0.05, 0.1) is 17.4 Å². The highest BCUT2D eigenvalue weighted by molar-refractivity contribution is 5.97. The summed E-state index contributed by atoms with van der Waals surface area (Å²) in [4.78, 5) is 12.5. The maximum absolute atomic E-state index is 12.5. The fourth-order valence-electron chi connectivity index (χ4n) is 3.49. The number of amides is 1. The average molecular weight is 374 g/mol. The number of nitrogens with zero attached hydrogens (tertiary/aromatic N) is 1. The van der Waals surface area contributed by atoms with Crippen molar-refractivity contribution in [2.75, 3.05) is 11.1 Å². The molecule has 1 aliphatic rings. The van der Waals surface area contributed by atoms with Crippen LogP contribution in [0.2, 0.25) is 0 Å². The van der Waals surface area contributed by atoms with Gasteiger partial charge in [0.1, 0.15) is 11.6 Å². The maximum atomic E-state index is 12.5. The Balaban J connectivity index is 1.68. The van der Waals surface area contributed by atoms with Gasteiger partial charge in [0.2, 0.25) is 0 Å². The third-order valence-electron chi connectivity index (χ3n) is 5.16. The fourth-order valence-corrected chi connectivity index (χ4v) is 3.49. The molecule has 0 spiro atoms. The SMILES string of the molecule is Cc1ccc(N/C=C(/C#N)C(=O)NC(C)c2ccc3c(c2)CCCC3)c(N)c1. The van der Waals surface area contributed by atoms with Crippen LogP contribution in [0.3, 0.4) is 0 Å². The van der Waals surface area contributed by atoms with Crippen molar-refractivity contribution in [3.8, 4) is 6.07 Å². The predicted molar refractivity (Wildman–Crippen MR) is 113 cm³/mol. The molecule has 0 fully saturated rings. The largest absolute Gasteiger partial charge is 0.397 e. The van der Waals surface area contributed by atoms with Gasteiger partial charge in [0.25, 0.3) is 5.91 Å². The molecule has 28 heavy (non-hydrogen) atoms. The summed E-state index contributed by atoms with van der Waals surface area (Å²) in [5, 5.41) is 15.2. The van der Waals surface area contributed by atoms with Gasteiger partial charge >= 0.3 is 0 Å². The van der Waals surface area contributed by atoms with Gasteiger partial charge < -0.3 is 16.4 Å². The minimum Gasteiger partial charge on any atom is -0.397 e. The van der Waals surface area contributed by atoms with Gasteiger partial charge in [-0.15, -0.1) is 0 Å². The highest BCUT2D eigenvalue weighted by Gasteiger charge is 2.16. The molecule has 5 heteroatoms. The molecule has 1 atom stereocenters. The molecule has 1 unspecified atom stereocenters. The molecule has 0 aromatic heterocycles. The molecule has 0 saturated carbocycles. The number of fused-ring (bicyclic) bond motifs is 1. The van der Waals surface area contributed by atoms with Crippen LogP contribution in [0.5, 0.6) is 0 Å². The van der Waals surface area contributed by atoms with Crippen molar-refractivity contribution in [3.05, 3.63) is 70.4 Å². The minimum atomic E-state index is -0.411. The molecule has 0 radical (unpaired) electrons. The number of nitrogen functional groups attached to an aromatic ring is 1. The van der Waals surface area contributed by atoms with E-state index in [4.69, 9.17) is 5.73 Å². The number of benzene rings is 2. The number of nitrogens with one attached hydrogen (secondary N) is 2. The smallest absolute Gasteiger partial charge is 0.263 e. The standard InChI is InChI=1S/C23H26N4O/c1-15-7-10-22(21(25)11-15)26-14-20(13-24)23(28)27-16(2)18-9-8-17-5-3-4-6-19(17)12-18/h7-12,14,16,26H,3-6,25H2,1-2H3,(H,27,28)/b20-14-. The Morgan fingerprint density at radius 3 is 2.64 bits per heavy atom. The molecular weight excluding hydrogens is 348 g/mol. The molecule has 4 N–H and O–H groups in total. The first-order chi connectivity index (χ1) is 13.5. The summed E-state index contributed by atoms with van der Waals surface area (Å²) < 4.78 is 0. The highest BCUT2D eigenvalue weighted by Crippen LogP contribution is 2.25. The highest BCUT2D eigenvalue weighted by atomic mass is 16.1. The second-order valence-corrected chi connectivity index (χ2v) is 7.34. The van der Waals surface area contributed by atoms with Crippen molar-refractivity contribution < 1.29 is 4.79 Å². The van der Waals surface area contributed by atoms with Gasteiger partial charge in [0.15, 0.2) is 0 Å². The zero-order chi connectivity index (χ0) is 20.1. The second kappa shape index (κ2) is 8.62. The summed E-state index contributed by atoms with van der Waals surface area (Å²) in [5.41, 5.74) is 12.1. The Kier molecular flexibility index (Phi) is 6.00. The summed E-state index contributed by atoms with van der Waals surface area (Å²) in [5.74, 6) is -0.411. The van der Waals surface area contributed by atoms with E-state index in [1.807, 2.05) is 38.1 Å². The second-order valence-electron chi connectivity index (χ2n) is 7.34. The number of anilines is 2. The van der Waals surface area contributed by atoms with Gasteiger partial charge in [-0.3, -0.25) is 4.79 Å². The van der Waals surface area contributed by atoms with Crippen LogP contribution in [0, 0.1) is 18.3 Å². The monoisotopic (exact) mass is 374 g/mol. The summed E-state index contributed by atoms with van der Waals surface area (Å²) >= 11 is 0. The van der Waals surface area contributed by atoms with E-state index < -0.39 is 5.91 Å². The molecule has 1 amide bonds. The zero-order valence-electron chi connectivity index (χ0n) is 16.4. The number of carbonyl (C=O) groups excluding carboxylic acids is 1. The minimum absolute atomic E-state index is 0.00443. The summed E-state index contributed by atoms with van der Waals surface area (Å²) in [6.45, 7) is 3.88.